The maximum absolute atomic E-state index is 10.4. The molecule has 14 heteroatoms. The Morgan fingerprint density at radius 2 is 0.750 bits per heavy atom. The van der Waals surface area contributed by atoms with E-state index in [2.05, 4.69) is 0 Å². The van der Waals surface area contributed by atoms with Crippen molar-refractivity contribution in [1.82, 2.24) is 9.80 Å². The Kier molecular flexibility index (Phi) is 29.1. The first-order valence-corrected chi connectivity index (χ1v) is 5.44. The van der Waals surface area contributed by atoms with Gasteiger partial charge >= 0.3 is 78.6 Å². The molecule has 0 rings (SSSR count). The van der Waals surface area contributed by atoms with E-state index in [4.69, 9.17) is 0 Å². The topological polar surface area (TPSA) is 198 Å². The summed E-state index contributed by atoms with van der Waals surface area (Å²) in [5.74, 6) is -6.12. The van der Waals surface area contributed by atoms with Crippen LogP contribution in [-0.2, 0) is 38.7 Å². The minimum Gasteiger partial charge on any atom is -0.549 e. The molecule has 122 valence electrons. The monoisotopic (exact) mass is 416 g/mol. The molecule has 0 saturated carbocycles. The Morgan fingerprint density at radius 1 is 0.583 bits per heavy atom. The Balaban J connectivity index is -0.000000301. The fraction of sp³-hybridized carbons (Fsp3) is 0.600. The first-order chi connectivity index (χ1) is 9.20. The molecule has 0 unspecified atom stereocenters. The molecule has 0 spiro atoms. The van der Waals surface area contributed by atoms with Gasteiger partial charge in [-0.2, -0.15) is 0 Å². The van der Waals surface area contributed by atoms with Gasteiger partial charge in [-0.05, 0) is 0 Å². The van der Waals surface area contributed by atoms with Crippen molar-refractivity contribution in [2.75, 3.05) is 39.3 Å². The molecular weight excluding hydrogens is 403 g/mol. The van der Waals surface area contributed by atoms with Crippen LogP contribution in [0.4, 0.5) is 0 Å². The SMILES string of the molecule is O.O=C([O-])CN(CCN(CC(=O)[O-])CC(=O)[O-])CC(=O)[O-].[Na+].[Na+].[Zn+2]. The van der Waals surface area contributed by atoms with E-state index in [9.17, 15) is 39.6 Å². The first-order valence-electron chi connectivity index (χ1n) is 5.44. The Morgan fingerprint density at radius 3 is 0.875 bits per heavy atom. The molecule has 0 atom stereocenters. The number of rotatable bonds is 11. The van der Waals surface area contributed by atoms with Gasteiger partial charge in [0.15, 0.2) is 0 Å². The zero-order valence-electron chi connectivity index (χ0n) is 13.6. The third kappa shape index (κ3) is 22.4. The van der Waals surface area contributed by atoms with E-state index in [-0.39, 0.29) is 97.2 Å². The molecule has 0 fully saturated rings. The van der Waals surface area contributed by atoms with E-state index >= 15 is 0 Å². The normalized spacial score (nSPS) is 8.92. The van der Waals surface area contributed by atoms with Gasteiger partial charge in [-0.3, -0.25) is 9.80 Å². The van der Waals surface area contributed by atoms with Gasteiger partial charge in [-0.25, -0.2) is 0 Å². The summed E-state index contributed by atoms with van der Waals surface area (Å²) in [7, 11) is 0. The zero-order valence-corrected chi connectivity index (χ0v) is 20.6. The van der Waals surface area contributed by atoms with Crippen molar-refractivity contribution in [3.05, 3.63) is 0 Å². The van der Waals surface area contributed by atoms with Crippen LogP contribution in [0, 0.1) is 0 Å². The van der Waals surface area contributed by atoms with E-state index < -0.39 is 50.1 Å². The number of nitrogens with zero attached hydrogens (tertiary/aromatic N) is 2. The number of carbonyl (C=O) groups is 4. The number of carboxylic acids is 4. The molecule has 0 aromatic heterocycles. The molecular formula is C10H14N2Na2O9Zn. The van der Waals surface area contributed by atoms with E-state index in [1.54, 1.807) is 0 Å². The second kappa shape index (κ2) is 19.7. The van der Waals surface area contributed by atoms with Crippen molar-refractivity contribution in [2.24, 2.45) is 0 Å². The third-order valence-electron chi connectivity index (χ3n) is 2.14. The number of hydrogen-bond donors (Lipinski definition) is 0. The average Bonchev–Trinajstić information content (AvgIpc) is 2.22. The van der Waals surface area contributed by atoms with Crippen LogP contribution in [0.1, 0.15) is 0 Å². The Bertz CT molecular complexity index is 333. The minimum absolute atomic E-state index is 0. The van der Waals surface area contributed by atoms with Gasteiger partial charge in [0.05, 0.1) is 23.9 Å². The van der Waals surface area contributed by atoms with Gasteiger partial charge in [-0.1, -0.05) is 0 Å². The van der Waals surface area contributed by atoms with E-state index in [1.807, 2.05) is 0 Å². The van der Waals surface area contributed by atoms with Gasteiger partial charge in [0.1, 0.15) is 0 Å². The van der Waals surface area contributed by atoms with Crippen molar-refractivity contribution >= 4 is 23.9 Å². The molecule has 0 bridgehead atoms. The summed E-state index contributed by atoms with van der Waals surface area (Å²) in [4.78, 5) is 43.4. The van der Waals surface area contributed by atoms with Gasteiger partial charge < -0.3 is 45.1 Å². The van der Waals surface area contributed by atoms with Crippen LogP contribution in [0.2, 0.25) is 0 Å². The molecule has 0 aliphatic heterocycles. The molecule has 24 heavy (non-hydrogen) atoms. The minimum atomic E-state index is -1.53. The van der Waals surface area contributed by atoms with Gasteiger partial charge in [0.2, 0.25) is 0 Å². The van der Waals surface area contributed by atoms with Crippen LogP contribution in [0.15, 0.2) is 0 Å². The van der Waals surface area contributed by atoms with Crippen molar-refractivity contribution < 1.29 is 124 Å². The van der Waals surface area contributed by atoms with Crippen molar-refractivity contribution in [2.45, 2.75) is 0 Å². The van der Waals surface area contributed by atoms with Crippen LogP contribution < -0.4 is 79.5 Å². The van der Waals surface area contributed by atoms with Crippen molar-refractivity contribution in [3.63, 3.8) is 0 Å². The second-order valence-corrected chi connectivity index (χ2v) is 3.91. The Hall–Kier alpha value is 0.383. The van der Waals surface area contributed by atoms with Crippen molar-refractivity contribution in [1.29, 1.82) is 0 Å². The maximum Gasteiger partial charge on any atom is 2.00 e. The number of carbonyl (C=O) groups excluding carboxylic acids is 4. The quantitative estimate of drug-likeness (QED) is 0.291. The summed E-state index contributed by atoms with van der Waals surface area (Å²) >= 11 is 0. The van der Waals surface area contributed by atoms with Crippen LogP contribution in [0.5, 0.6) is 0 Å². The summed E-state index contributed by atoms with van der Waals surface area (Å²) < 4.78 is 0. The fourth-order valence-corrected chi connectivity index (χ4v) is 1.44. The molecule has 0 aliphatic rings. The Labute approximate surface area is 195 Å². The molecule has 2 N–H and O–H groups in total. The van der Waals surface area contributed by atoms with Crippen LogP contribution in [0.3, 0.4) is 0 Å². The molecule has 0 radical (unpaired) electrons. The number of hydrogen-bond acceptors (Lipinski definition) is 10. The molecule has 0 amide bonds. The van der Waals surface area contributed by atoms with Gasteiger partial charge in [0.25, 0.3) is 0 Å². The zero-order chi connectivity index (χ0) is 15.7. The molecule has 0 heterocycles. The predicted molar refractivity (Wildman–Crippen MR) is 56.5 cm³/mol. The van der Waals surface area contributed by atoms with Gasteiger partial charge in [0, 0.05) is 39.3 Å². The second-order valence-electron chi connectivity index (χ2n) is 3.91. The van der Waals surface area contributed by atoms with Crippen molar-refractivity contribution in [3.8, 4) is 0 Å². The van der Waals surface area contributed by atoms with Crippen LogP contribution >= 0.6 is 0 Å². The largest absolute Gasteiger partial charge is 2.00 e. The summed E-state index contributed by atoms with van der Waals surface area (Å²) in [6.45, 7) is -3.25. The van der Waals surface area contributed by atoms with E-state index in [1.165, 1.54) is 0 Å². The average molecular weight is 418 g/mol. The molecule has 0 aromatic carbocycles. The summed E-state index contributed by atoms with van der Waals surface area (Å²) in [5.41, 5.74) is 0. The molecule has 0 saturated heterocycles. The summed E-state index contributed by atoms with van der Waals surface area (Å²) in [6, 6.07) is 0. The van der Waals surface area contributed by atoms with E-state index in [0.29, 0.717) is 0 Å². The number of carboxylic acid groups (broad SMARTS) is 4. The fourth-order valence-electron chi connectivity index (χ4n) is 1.44. The van der Waals surface area contributed by atoms with E-state index in [0.717, 1.165) is 9.80 Å². The smallest absolute Gasteiger partial charge is 0.549 e. The standard InChI is InChI=1S/C10H16N2O8.2Na.H2O.Zn/c13-7(14)3-11(4-8(15)16)1-2-12(5-9(17)18)6-10(19)20;;;;/h1-6H2,(H,13,14)(H,15,16)(H,17,18)(H,19,20);;;1H2;/q;2*+1;;+2/p-4. The molecule has 0 aromatic rings. The first kappa shape index (κ1) is 35.5. The summed E-state index contributed by atoms with van der Waals surface area (Å²) in [5, 5.41) is 41.6. The van der Waals surface area contributed by atoms with Crippen LogP contribution in [0.25, 0.3) is 0 Å². The third-order valence-corrected chi connectivity index (χ3v) is 2.14. The predicted octanol–water partition coefficient (Wildman–Crippen LogP) is -14.2. The van der Waals surface area contributed by atoms with Crippen LogP contribution in [-0.4, -0.2) is 78.4 Å². The summed E-state index contributed by atoms with van der Waals surface area (Å²) in [6.07, 6.45) is 0. The number of aliphatic carboxylic acids is 4. The maximum atomic E-state index is 10.4. The molecule has 0 aliphatic carbocycles. The van der Waals surface area contributed by atoms with Gasteiger partial charge in [-0.15, -0.1) is 0 Å². The molecule has 11 nitrogen and oxygen atoms in total.